The van der Waals surface area contributed by atoms with Gasteiger partial charge in [-0.05, 0) is 113 Å². The summed E-state index contributed by atoms with van der Waals surface area (Å²) in [6.45, 7) is 9.22. The average Bonchev–Trinajstić information content (AvgIpc) is 3.40. The third kappa shape index (κ3) is 41.6. The summed E-state index contributed by atoms with van der Waals surface area (Å²) in [5.41, 5.74) is 7.45. The summed E-state index contributed by atoms with van der Waals surface area (Å²) in [4.78, 5) is 11.0. The first-order valence-electron chi connectivity index (χ1n) is 32.3. The predicted octanol–water partition coefficient (Wildman–Crippen LogP) is 24.8. The van der Waals surface area contributed by atoms with Gasteiger partial charge in [-0.25, -0.2) is 0 Å². The van der Waals surface area contributed by atoms with Gasteiger partial charge in [0.2, 0.25) is 0 Å². The number of unbranched alkanes of at least 4 members (excludes halogenated alkanes) is 38. The van der Waals surface area contributed by atoms with Crippen LogP contribution in [-0.4, -0.2) is 11.4 Å². The Morgan fingerprint density at radius 1 is 0.288 bits per heavy atom. The molecule has 0 aliphatic heterocycles. The molecule has 0 fully saturated rings. The van der Waals surface area contributed by atoms with Crippen LogP contribution in [0.25, 0.3) is 0 Å². The summed E-state index contributed by atoms with van der Waals surface area (Å²) < 4.78 is 0. The molecule has 2 aromatic carbocycles. The number of hydrogen-bond donors (Lipinski definition) is 0. The van der Waals surface area contributed by atoms with Crippen LogP contribution in [0.2, 0.25) is 0 Å². The third-order valence-electron chi connectivity index (χ3n) is 15.3. The molecule has 0 amide bonds. The van der Waals surface area contributed by atoms with Gasteiger partial charge in [0.15, 0.2) is 0 Å². The van der Waals surface area contributed by atoms with E-state index in [1.165, 1.54) is 267 Å². The second kappa shape index (κ2) is 54.5. The van der Waals surface area contributed by atoms with Crippen molar-refractivity contribution in [2.45, 2.75) is 336 Å². The van der Waals surface area contributed by atoms with Crippen molar-refractivity contribution in [1.29, 1.82) is 0 Å². The van der Waals surface area contributed by atoms with E-state index in [0.717, 1.165) is 75.6 Å². The molecule has 0 heterocycles. The van der Waals surface area contributed by atoms with E-state index in [-0.39, 0.29) is 16.5 Å². The fourth-order valence-electron chi connectivity index (χ4n) is 10.4. The Bertz CT molecular complexity index is 1470. The molecule has 0 saturated carbocycles. The molecular weight excluding hydrogens is 927 g/mol. The predicted molar refractivity (Wildman–Crippen MR) is 328 cm³/mol. The van der Waals surface area contributed by atoms with Crippen LogP contribution in [0.4, 0.5) is 11.4 Å². The van der Waals surface area contributed by atoms with E-state index in [2.05, 4.69) is 101 Å². The molecule has 420 valence electrons. The summed E-state index contributed by atoms with van der Waals surface area (Å²) in [6, 6.07) is 17.9. The van der Waals surface area contributed by atoms with E-state index in [9.17, 15) is 0 Å². The van der Waals surface area contributed by atoms with Gasteiger partial charge in [-0.15, -0.1) is 0 Å². The maximum Gasteiger partial charge on any atom is 0.0665 e. The zero-order valence-corrected chi connectivity index (χ0v) is 50.1. The smallest absolute Gasteiger partial charge is 0.0665 e. The molecule has 2 aromatic rings. The first-order chi connectivity index (χ1) is 35.7. The minimum absolute atomic E-state index is 0. The SMILES string of the molecule is CCCCCCCCCCCCCCCCCCCC=CCCCc1ccccc1N=C(CCCC)C(CCCC)=Nc1ccccc1CCCC=CCCCCCCCCCCCCCCCCCCC.[Ni]. The van der Waals surface area contributed by atoms with Crippen LogP contribution in [0.3, 0.4) is 0 Å². The molecule has 0 spiro atoms. The van der Waals surface area contributed by atoms with Crippen molar-refractivity contribution >= 4 is 22.8 Å². The molecule has 3 heteroatoms. The molecular formula is C70H120N2Ni. The van der Waals surface area contributed by atoms with Gasteiger partial charge in [0, 0.05) is 16.5 Å². The van der Waals surface area contributed by atoms with E-state index in [0.29, 0.717) is 0 Å². The van der Waals surface area contributed by atoms with Gasteiger partial charge < -0.3 is 0 Å². The molecule has 2 nitrogen and oxygen atoms in total. The largest absolute Gasteiger partial charge is 0.251 e. The topological polar surface area (TPSA) is 24.7 Å². The molecule has 2 rings (SSSR count). The summed E-state index contributed by atoms with van der Waals surface area (Å²) >= 11 is 0. The van der Waals surface area contributed by atoms with Crippen molar-refractivity contribution in [2.24, 2.45) is 9.98 Å². The van der Waals surface area contributed by atoms with Crippen LogP contribution in [0.15, 0.2) is 82.8 Å². The number of benzene rings is 2. The first-order valence-corrected chi connectivity index (χ1v) is 32.3. The monoisotopic (exact) mass is 1050 g/mol. The molecule has 0 atom stereocenters. The quantitative estimate of drug-likeness (QED) is 0.0273. The number of rotatable bonds is 53. The van der Waals surface area contributed by atoms with Crippen molar-refractivity contribution in [3.8, 4) is 0 Å². The number of allylic oxidation sites excluding steroid dienone is 4. The molecule has 0 N–H and O–H groups in total. The van der Waals surface area contributed by atoms with Crippen molar-refractivity contribution < 1.29 is 16.5 Å². The Morgan fingerprint density at radius 3 is 0.795 bits per heavy atom. The van der Waals surface area contributed by atoms with Crippen LogP contribution in [0, 0.1) is 0 Å². The maximum atomic E-state index is 5.50. The number of hydrogen-bond acceptors (Lipinski definition) is 2. The van der Waals surface area contributed by atoms with Crippen LogP contribution >= 0.6 is 0 Å². The number of para-hydroxylation sites is 2. The molecule has 0 aromatic heterocycles. The van der Waals surface area contributed by atoms with Gasteiger partial charge in [0.25, 0.3) is 0 Å². The Hall–Kier alpha value is -2.25. The molecule has 73 heavy (non-hydrogen) atoms. The molecule has 0 bridgehead atoms. The molecule has 0 radical (unpaired) electrons. The summed E-state index contributed by atoms with van der Waals surface area (Å²) in [6.07, 6.45) is 74.5. The Kier molecular flexibility index (Phi) is 51.4. The van der Waals surface area contributed by atoms with E-state index in [1.807, 2.05) is 0 Å². The van der Waals surface area contributed by atoms with Gasteiger partial charge in [0.1, 0.15) is 0 Å². The van der Waals surface area contributed by atoms with E-state index in [4.69, 9.17) is 9.98 Å². The van der Waals surface area contributed by atoms with Crippen molar-refractivity contribution in [3.63, 3.8) is 0 Å². The first kappa shape index (κ1) is 68.8. The van der Waals surface area contributed by atoms with E-state index in [1.54, 1.807) is 0 Å². The van der Waals surface area contributed by atoms with Crippen molar-refractivity contribution in [1.82, 2.24) is 0 Å². The standard InChI is InChI=1S/C70H120N2.Ni/c1-5-9-13-15-17-19-21-23-25-27-29-31-33-35-37-39-41-43-45-47-49-51-57-65-59-53-55-63-67(65)71-69(61-11-7-3)70(62-12-8-4)72-68-64-56-54-60-66(68)58-52-50-48-46-44-42-40-38-36-34-32-30-28-26-24-22-20-18-16-14-10-6-2;/h45-48,53-56,59-60,63-64H,5-44,49-52,57-58,61-62H2,1-4H3;. The van der Waals surface area contributed by atoms with Gasteiger partial charge in [-0.3, -0.25) is 9.98 Å². The third-order valence-corrected chi connectivity index (χ3v) is 15.3. The Labute approximate surface area is 466 Å². The minimum Gasteiger partial charge on any atom is -0.251 e. The molecule has 0 aliphatic rings. The van der Waals surface area contributed by atoms with Gasteiger partial charge in [-0.1, -0.05) is 307 Å². The number of aliphatic imine (C=N–C) groups is 2. The van der Waals surface area contributed by atoms with Crippen LogP contribution in [0.5, 0.6) is 0 Å². The van der Waals surface area contributed by atoms with Crippen molar-refractivity contribution in [3.05, 3.63) is 84.0 Å². The fourth-order valence-corrected chi connectivity index (χ4v) is 10.4. The summed E-state index contributed by atoms with van der Waals surface area (Å²) in [7, 11) is 0. The number of aryl methyl sites for hydroxylation is 2. The normalized spacial score (nSPS) is 12.2. The zero-order chi connectivity index (χ0) is 51.3. The van der Waals surface area contributed by atoms with E-state index < -0.39 is 0 Å². The minimum atomic E-state index is 0. The zero-order valence-electron chi connectivity index (χ0n) is 49.1. The second-order valence-corrected chi connectivity index (χ2v) is 22.2. The van der Waals surface area contributed by atoms with E-state index >= 15 is 0 Å². The molecule has 0 saturated heterocycles. The van der Waals surface area contributed by atoms with Gasteiger partial charge >= 0.3 is 0 Å². The van der Waals surface area contributed by atoms with Crippen molar-refractivity contribution in [2.75, 3.05) is 0 Å². The van der Waals surface area contributed by atoms with Gasteiger partial charge in [0.05, 0.1) is 22.8 Å². The number of nitrogens with zero attached hydrogens (tertiary/aromatic N) is 2. The fraction of sp³-hybridized carbons (Fsp3) is 0.743. The van der Waals surface area contributed by atoms with Crippen LogP contribution in [0.1, 0.15) is 334 Å². The summed E-state index contributed by atoms with van der Waals surface area (Å²) in [5.74, 6) is 0. The Balaban J connectivity index is 0.0000266. The average molecular weight is 1050 g/mol. The maximum absolute atomic E-state index is 5.50. The Morgan fingerprint density at radius 2 is 0.521 bits per heavy atom. The second-order valence-electron chi connectivity index (χ2n) is 22.2. The van der Waals surface area contributed by atoms with Gasteiger partial charge in [-0.2, -0.15) is 0 Å². The summed E-state index contributed by atoms with van der Waals surface area (Å²) in [5, 5.41) is 0. The molecule has 0 unspecified atom stereocenters. The van der Waals surface area contributed by atoms with Crippen LogP contribution < -0.4 is 0 Å². The molecule has 0 aliphatic carbocycles. The van der Waals surface area contributed by atoms with Crippen LogP contribution in [-0.2, 0) is 29.3 Å².